The van der Waals surface area contributed by atoms with Crippen LogP contribution in [0.5, 0.6) is 5.75 Å². The van der Waals surface area contributed by atoms with E-state index in [9.17, 15) is 0 Å². The molecule has 1 aliphatic carbocycles. The molecule has 0 aliphatic heterocycles. The van der Waals surface area contributed by atoms with Crippen LogP contribution in [0.4, 0.5) is 17.3 Å². The van der Waals surface area contributed by atoms with Crippen molar-refractivity contribution < 1.29 is 4.74 Å². The smallest absolute Gasteiger partial charge is 0.145 e. The standard InChI is InChI=1S/C14H16BrN5O/c1-21-11-5-9(15)4-10(6-11)17-12-7-13(20-16)19-14(18-12)8-2-3-8/h4-8H,2-3,16H2,1H3,(H2,17,18,19,20). The Bertz CT molecular complexity index is 660. The van der Waals surface area contributed by atoms with Crippen molar-refractivity contribution in [3.63, 3.8) is 0 Å². The second-order valence-electron chi connectivity index (χ2n) is 4.92. The van der Waals surface area contributed by atoms with E-state index in [0.717, 1.165) is 34.6 Å². The Morgan fingerprint density at radius 2 is 1.95 bits per heavy atom. The number of aromatic nitrogens is 2. The van der Waals surface area contributed by atoms with Gasteiger partial charge in [-0.2, -0.15) is 0 Å². The molecule has 2 aromatic rings. The van der Waals surface area contributed by atoms with E-state index >= 15 is 0 Å². The lowest BCUT2D eigenvalue weighted by atomic mass is 10.3. The Labute approximate surface area is 131 Å². The molecule has 0 radical (unpaired) electrons. The zero-order valence-corrected chi connectivity index (χ0v) is 13.1. The van der Waals surface area contributed by atoms with Gasteiger partial charge in [-0.25, -0.2) is 15.8 Å². The molecule has 3 rings (SSSR count). The predicted octanol–water partition coefficient (Wildman–Crippen LogP) is 3.15. The van der Waals surface area contributed by atoms with E-state index in [1.165, 1.54) is 0 Å². The number of anilines is 3. The molecule has 6 nitrogen and oxygen atoms in total. The van der Waals surface area contributed by atoms with E-state index < -0.39 is 0 Å². The van der Waals surface area contributed by atoms with Crippen LogP contribution in [0.15, 0.2) is 28.7 Å². The maximum atomic E-state index is 5.48. The first kappa shape index (κ1) is 14.1. The molecule has 4 N–H and O–H groups in total. The molecule has 7 heteroatoms. The minimum atomic E-state index is 0.455. The van der Waals surface area contributed by atoms with Crippen LogP contribution in [0.2, 0.25) is 0 Å². The maximum absolute atomic E-state index is 5.48. The summed E-state index contributed by atoms with van der Waals surface area (Å²) < 4.78 is 6.18. The highest BCUT2D eigenvalue weighted by Gasteiger charge is 2.27. The predicted molar refractivity (Wildman–Crippen MR) is 85.8 cm³/mol. The summed E-state index contributed by atoms with van der Waals surface area (Å²) in [6, 6.07) is 7.53. The van der Waals surface area contributed by atoms with Crippen LogP contribution in [0.3, 0.4) is 0 Å². The van der Waals surface area contributed by atoms with Gasteiger partial charge < -0.3 is 15.5 Å². The average molecular weight is 350 g/mol. The van der Waals surface area contributed by atoms with Crippen molar-refractivity contribution >= 4 is 33.3 Å². The summed E-state index contributed by atoms with van der Waals surface area (Å²) in [7, 11) is 1.64. The molecule has 1 aromatic heterocycles. The van der Waals surface area contributed by atoms with Gasteiger partial charge in [-0.1, -0.05) is 15.9 Å². The molecule has 0 unspecified atom stereocenters. The minimum Gasteiger partial charge on any atom is -0.497 e. The molecule has 1 saturated carbocycles. The van der Waals surface area contributed by atoms with Crippen molar-refractivity contribution in [2.24, 2.45) is 5.84 Å². The van der Waals surface area contributed by atoms with Crippen molar-refractivity contribution in [2.75, 3.05) is 17.9 Å². The van der Waals surface area contributed by atoms with Crippen molar-refractivity contribution in [1.82, 2.24) is 9.97 Å². The molecule has 21 heavy (non-hydrogen) atoms. The zero-order chi connectivity index (χ0) is 14.8. The molecule has 0 saturated heterocycles. The maximum Gasteiger partial charge on any atom is 0.145 e. The molecule has 0 amide bonds. The molecule has 1 fully saturated rings. The fraction of sp³-hybridized carbons (Fsp3) is 0.286. The largest absolute Gasteiger partial charge is 0.497 e. The lowest BCUT2D eigenvalue weighted by Crippen LogP contribution is -2.11. The van der Waals surface area contributed by atoms with Gasteiger partial charge in [0.1, 0.15) is 23.2 Å². The van der Waals surface area contributed by atoms with E-state index in [4.69, 9.17) is 10.6 Å². The molecule has 0 bridgehead atoms. The molecule has 1 aliphatic rings. The first-order chi connectivity index (χ1) is 10.2. The molecule has 0 spiro atoms. The SMILES string of the molecule is COc1cc(Br)cc(Nc2cc(NN)nc(C3CC3)n2)c1. The number of nitrogens with one attached hydrogen (secondary N) is 2. The summed E-state index contributed by atoms with van der Waals surface area (Å²) in [5.74, 6) is 8.84. The summed E-state index contributed by atoms with van der Waals surface area (Å²) in [5.41, 5.74) is 3.46. The van der Waals surface area contributed by atoms with Gasteiger partial charge in [0, 0.05) is 28.2 Å². The van der Waals surface area contributed by atoms with E-state index in [-0.39, 0.29) is 0 Å². The highest BCUT2D eigenvalue weighted by atomic mass is 79.9. The number of hydrazine groups is 1. The number of ether oxygens (including phenoxy) is 1. The summed E-state index contributed by atoms with van der Waals surface area (Å²) in [5, 5.41) is 3.26. The second-order valence-corrected chi connectivity index (χ2v) is 5.84. The fourth-order valence-corrected chi connectivity index (χ4v) is 2.50. The third-order valence-corrected chi connectivity index (χ3v) is 3.67. The Morgan fingerprint density at radius 3 is 2.62 bits per heavy atom. The van der Waals surface area contributed by atoms with Crippen LogP contribution < -0.4 is 21.3 Å². The molecule has 0 atom stereocenters. The molecule has 1 heterocycles. The van der Waals surface area contributed by atoms with Crippen molar-refractivity contribution in [3.05, 3.63) is 34.6 Å². The first-order valence-corrected chi connectivity index (χ1v) is 7.44. The van der Waals surface area contributed by atoms with E-state index in [2.05, 4.69) is 36.6 Å². The number of hydrogen-bond donors (Lipinski definition) is 3. The van der Waals surface area contributed by atoms with Crippen LogP contribution in [0, 0.1) is 0 Å². The number of nitrogen functional groups attached to an aromatic ring is 1. The highest BCUT2D eigenvalue weighted by Crippen LogP contribution is 2.39. The Balaban J connectivity index is 1.90. The van der Waals surface area contributed by atoms with Crippen molar-refractivity contribution in [1.29, 1.82) is 0 Å². The van der Waals surface area contributed by atoms with Gasteiger partial charge in [-0.15, -0.1) is 0 Å². The molecular formula is C14H16BrN5O. The average Bonchev–Trinajstić information content (AvgIpc) is 3.30. The van der Waals surface area contributed by atoms with Crippen LogP contribution >= 0.6 is 15.9 Å². The summed E-state index contributed by atoms with van der Waals surface area (Å²) in [6.45, 7) is 0. The van der Waals surface area contributed by atoms with Crippen LogP contribution in [0.25, 0.3) is 0 Å². The quantitative estimate of drug-likeness (QED) is 0.567. The van der Waals surface area contributed by atoms with E-state index in [1.54, 1.807) is 13.2 Å². The molecular weight excluding hydrogens is 334 g/mol. The van der Waals surface area contributed by atoms with Crippen molar-refractivity contribution in [3.8, 4) is 5.75 Å². The van der Waals surface area contributed by atoms with Crippen LogP contribution in [0.1, 0.15) is 24.6 Å². The third-order valence-electron chi connectivity index (χ3n) is 3.21. The van der Waals surface area contributed by atoms with E-state index in [1.807, 2.05) is 18.2 Å². The fourth-order valence-electron chi connectivity index (χ4n) is 2.03. The summed E-state index contributed by atoms with van der Waals surface area (Å²) in [4.78, 5) is 8.94. The molecule has 110 valence electrons. The summed E-state index contributed by atoms with van der Waals surface area (Å²) >= 11 is 3.46. The number of rotatable bonds is 5. The topological polar surface area (TPSA) is 85.1 Å². The summed E-state index contributed by atoms with van der Waals surface area (Å²) in [6.07, 6.45) is 2.27. The molecule has 1 aromatic carbocycles. The first-order valence-electron chi connectivity index (χ1n) is 6.65. The van der Waals surface area contributed by atoms with Gasteiger partial charge >= 0.3 is 0 Å². The highest BCUT2D eigenvalue weighted by molar-refractivity contribution is 9.10. The lowest BCUT2D eigenvalue weighted by Gasteiger charge is -2.11. The number of nitrogens with two attached hydrogens (primary N) is 1. The number of halogens is 1. The van der Waals surface area contributed by atoms with Gasteiger partial charge in [0.25, 0.3) is 0 Å². The number of hydrogen-bond acceptors (Lipinski definition) is 6. The van der Waals surface area contributed by atoms with Crippen LogP contribution in [-0.2, 0) is 0 Å². The normalized spacial score (nSPS) is 13.9. The second kappa shape index (κ2) is 5.87. The number of benzene rings is 1. The monoisotopic (exact) mass is 349 g/mol. The van der Waals surface area contributed by atoms with Gasteiger partial charge in [-0.05, 0) is 25.0 Å². The Kier molecular flexibility index (Phi) is 3.94. The van der Waals surface area contributed by atoms with Gasteiger partial charge in [0.2, 0.25) is 0 Å². The zero-order valence-electron chi connectivity index (χ0n) is 11.6. The number of methoxy groups -OCH3 is 1. The van der Waals surface area contributed by atoms with Crippen molar-refractivity contribution in [2.45, 2.75) is 18.8 Å². The Hall–Kier alpha value is -1.86. The van der Waals surface area contributed by atoms with Gasteiger partial charge in [0.15, 0.2) is 0 Å². The minimum absolute atomic E-state index is 0.455. The van der Waals surface area contributed by atoms with Gasteiger partial charge in [0.05, 0.1) is 7.11 Å². The Morgan fingerprint density at radius 1 is 1.19 bits per heavy atom. The van der Waals surface area contributed by atoms with E-state index in [0.29, 0.717) is 17.6 Å². The lowest BCUT2D eigenvalue weighted by molar-refractivity contribution is 0.415. The number of nitrogens with zero attached hydrogens (tertiary/aromatic N) is 2. The van der Waals surface area contributed by atoms with Crippen LogP contribution in [-0.4, -0.2) is 17.1 Å². The van der Waals surface area contributed by atoms with Gasteiger partial charge in [-0.3, -0.25) is 0 Å². The third kappa shape index (κ3) is 3.43.